The number of amides is 1. The van der Waals surface area contributed by atoms with E-state index in [2.05, 4.69) is 9.62 Å². The fourth-order valence-corrected chi connectivity index (χ4v) is 5.48. The van der Waals surface area contributed by atoms with Gasteiger partial charge in [-0.25, -0.2) is 12.8 Å². The van der Waals surface area contributed by atoms with Gasteiger partial charge in [0.2, 0.25) is 15.9 Å². The molecule has 1 aromatic rings. The molecule has 0 saturated carbocycles. The number of carbonyl (C=O) groups excluding carboxylic acids is 1. The third-order valence-electron chi connectivity index (χ3n) is 5.93. The van der Waals surface area contributed by atoms with Crippen LogP contribution >= 0.6 is 0 Å². The largest absolute Gasteiger partial charge is 0.337 e. The third kappa shape index (κ3) is 5.48. The highest BCUT2D eigenvalue weighted by Crippen LogP contribution is 2.26. The quantitative estimate of drug-likeness (QED) is 0.751. The monoisotopic (exact) mass is 425 g/mol. The van der Waals surface area contributed by atoms with Crippen LogP contribution in [0.4, 0.5) is 10.1 Å². The van der Waals surface area contributed by atoms with Crippen LogP contribution in [0.5, 0.6) is 0 Å². The van der Waals surface area contributed by atoms with Crippen molar-refractivity contribution < 1.29 is 17.6 Å². The van der Waals surface area contributed by atoms with Gasteiger partial charge in [-0.3, -0.25) is 14.4 Å². The molecule has 0 radical (unpaired) electrons. The van der Waals surface area contributed by atoms with E-state index in [0.717, 1.165) is 43.5 Å². The number of nitrogens with one attached hydrogen (secondary N) is 1. The van der Waals surface area contributed by atoms with Crippen molar-refractivity contribution in [2.45, 2.75) is 59.0 Å². The van der Waals surface area contributed by atoms with Gasteiger partial charge in [0.1, 0.15) is 5.82 Å². The highest BCUT2D eigenvalue weighted by Gasteiger charge is 2.31. The van der Waals surface area contributed by atoms with Gasteiger partial charge in [-0.2, -0.15) is 0 Å². The number of nitrogens with zero attached hydrogens (tertiary/aromatic N) is 2. The minimum atomic E-state index is -3.52. The van der Waals surface area contributed by atoms with Gasteiger partial charge in [0.25, 0.3) is 0 Å². The van der Waals surface area contributed by atoms with Crippen molar-refractivity contribution in [2.75, 3.05) is 30.1 Å². The van der Waals surface area contributed by atoms with E-state index < -0.39 is 15.8 Å². The number of fused-ring (bicyclic) bond motifs is 4. The third-order valence-corrected chi connectivity index (χ3v) is 7.29. The molecule has 29 heavy (non-hydrogen) atoms. The minimum Gasteiger partial charge on any atom is -0.337 e. The van der Waals surface area contributed by atoms with Crippen LogP contribution < -0.4 is 4.72 Å². The molecular weight excluding hydrogens is 393 g/mol. The SMILES string of the molecule is Cc1c2cc(F)cc1NS(=O)(=O)CCCCC[C@H]1CN(CCN1C(=O)C(C)C)C2. The number of rotatable bonds is 1. The number of benzene rings is 1. The molecule has 0 spiro atoms. The van der Waals surface area contributed by atoms with Gasteiger partial charge in [0.05, 0.1) is 11.4 Å². The van der Waals surface area contributed by atoms with Crippen LogP contribution in [0, 0.1) is 18.7 Å². The molecule has 0 aromatic heterocycles. The molecule has 0 aliphatic carbocycles. The van der Waals surface area contributed by atoms with Crippen molar-refractivity contribution in [2.24, 2.45) is 5.92 Å². The molecule has 6 nitrogen and oxygen atoms in total. The second-order valence-corrected chi connectivity index (χ2v) is 10.4. The van der Waals surface area contributed by atoms with Crippen molar-refractivity contribution in [1.82, 2.24) is 9.80 Å². The Bertz CT molecular complexity index is 857. The van der Waals surface area contributed by atoms with Crippen LogP contribution in [0.25, 0.3) is 0 Å². The highest BCUT2D eigenvalue weighted by molar-refractivity contribution is 7.92. The number of piperazine rings is 1. The lowest BCUT2D eigenvalue weighted by atomic mass is 10.0. The standard InChI is InChI=1S/C21H32FN3O3S/c1-15(2)21(26)25-9-8-24-13-17-11-18(22)12-20(16(17)3)23-29(27,28)10-6-4-5-7-19(25)14-24/h11-12,15,19,23H,4-10,13-14H2,1-3H3/t19-/m0/s1. The van der Waals surface area contributed by atoms with Crippen LogP contribution in [-0.2, 0) is 21.4 Å². The molecule has 2 atom stereocenters. The Labute approximate surface area is 173 Å². The second kappa shape index (κ2) is 9.00. The van der Waals surface area contributed by atoms with E-state index in [4.69, 9.17) is 0 Å². The lowest BCUT2D eigenvalue weighted by Crippen LogP contribution is -2.55. The zero-order valence-corrected chi connectivity index (χ0v) is 18.4. The van der Waals surface area contributed by atoms with E-state index in [1.54, 1.807) is 0 Å². The van der Waals surface area contributed by atoms with Crippen molar-refractivity contribution >= 4 is 21.6 Å². The Balaban J connectivity index is 1.90. The van der Waals surface area contributed by atoms with Gasteiger partial charge in [-0.1, -0.05) is 26.7 Å². The number of carbonyl (C=O) groups is 1. The number of hydrogen-bond acceptors (Lipinski definition) is 4. The summed E-state index contributed by atoms with van der Waals surface area (Å²) >= 11 is 0. The molecule has 1 N–H and O–H groups in total. The predicted molar refractivity (Wildman–Crippen MR) is 113 cm³/mol. The van der Waals surface area contributed by atoms with Gasteiger partial charge in [0, 0.05) is 38.1 Å². The fraction of sp³-hybridized carbons (Fsp3) is 0.667. The number of anilines is 1. The Morgan fingerprint density at radius 1 is 1.21 bits per heavy atom. The number of sulfonamides is 1. The van der Waals surface area contributed by atoms with Crippen LogP contribution in [-0.4, -0.2) is 55.6 Å². The summed E-state index contributed by atoms with van der Waals surface area (Å²) in [5, 5.41) is 0. The lowest BCUT2D eigenvalue weighted by molar-refractivity contribution is -0.139. The maximum atomic E-state index is 14.2. The molecule has 1 saturated heterocycles. The molecule has 162 valence electrons. The predicted octanol–water partition coefficient (Wildman–Crippen LogP) is 3.12. The molecule has 2 aliphatic heterocycles. The van der Waals surface area contributed by atoms with Crippen LogP contribution in [0.3, 0.4) is 0 Å². The minimum absolute atomic E-state index is 0.0176. The van der Waals surface area contributed by atoms with Gasteiger partial charge in [-0.15, -0.1) is 0 Å². The average molecular weight is 426 g/mol. The van der Waals surface area contributed by atoms with Crippen molar-refractivity contribution in [3.8, 4) is 0 Å². The Hall–Kier alpha value is -1.67. The lowest BCUT2D eigenvalue weighted by Gasteiger charge is -2.42. The van der Waals surface area contributed by atoms with E-state index >= 15 is 0 Å². The molecular formula is C21H32FN3O3S. The molecule has 4 bridgehead atoms. The summed E-state index contributed by atoms with van der Waals surface area (Å²) in [6, 6.07) is 2.86. The van der Waals surface area contributed by atoms with Gasteiger partial charge < -0.3 is 4.90 Å². The summed E-state index contributed by atoms with van der Waals surface area (Å²) < 4.78 is 41.6. The molecule has 1 unspecified atom stereocenters. The summed E-state index contributed by atoms with van der Waals surface area (Å²) in [6.07, 6.45) is 3.07. The first-order chi connectivity index (χ1) is 13.7. The summed E-state index contributed by atoms with van der Waals surface area (Å²) in [4.78, 5) is 16.9. The topological polar surface area (TPSA) is 69.7 Å². The smallest absolute Gasteiger partial charge is 0.232 e. The van der Waals surface area contributed by atoms with Crippen LogP contribution in [0.2, 0.25) is 0 Å². The average Bonchev–Trinajstić information content (AvgIpc) is 2.63. The summed E-state index contributed by atoms with van der Waals surface area (Å²) in [6.45, 7) is 8.38. The Morgan fingerprint density at radius 3 is 2.69 bits per heavy atom. The van der Waals surface area contributed by atoms with E-state index in [1.165, 1.54) is 12.1 Å². The molecule has 1 aromatic carbocycles. The second-order valence-electron chi connectivity index (χ2n) is 8.58. The van der Waals surface area contributed by atoms with Crippen LogP contribution in [0.15, 0.2) is 12.1 Å². The van der Waals surface area contributed by atoms with Crippen molar-refractivity contribution in [1.29, 1.82) is 0 Å². The van der Waals surface area contributed by atoms with E-state index in [9.17, 15) is 17.6 Å². The van der Waals surface area contributed by atoms with E-state index in [0.29, 0.717) is 25.2 Å². The maximum absolute atomic E-state index is 14.2. The molecule has 1 amide bonds. The number of halogens is 1. The van der Waals surface area contributed by atoms with Crippen molar-refractivity contribution in [3.63, 3.8) is 0 Å². The van der Waals surface area contributed by atoms with Crippen molar-refractivity contribution in [3.05, 3.63) is 29.1 Å². The number of hydrogen-bond donors (Lipinski definition) is 1. The van der Waals surface area contributed by atoms with Crippen LogP contribution in [0.1, 0.15) is 50.7 Å². The normalized spacial score (nSPS) is 25.2. The highest BCUT2D eigenvalue weighted by atomic mass is 32.2. The first-order valence-electron chi connectivity index (χ1n) is 10.5. The van der Waals surface area contributed by atoms with E-state index in [1.807, 2.05) is 25.7 Å². The molecule has 3 rings (SSSR count). The fourth-order valence-electron chi connectivity index (χ4n) is 4.25. The molecule has 2 aliphatic rings. The Kier molecular flexibility index (Phi) is 6.83. The zero-order valence-electron chi connectivity index (χ0n) is 17.6. The van der Waals surface area contributed by atoms with E-state index in [-0.39, 0.29) is 23.6 Å². The molecule has 8 heteroatoms. The Morgan fingerprint density at radius 2 is 1.97 bits per heavy atom. The molecule has 1 fully saturated rings. The summed E-state index contributed by atoms with van der Waals surface area (Å²) in [5.41, 5.74) is 1.86. The first-order valence-corrected chi connectivity index (χ1v) is 12.1. The molecule has 2 heterocycles. The summed E-state index contributed by atoms with van der Waals surface area (Å²) in [7, 11) is -3.52. The zero-order chi connectivity index (χ0) is 21.2. The van der Waals surface area contributed by atoms with Gasteiger partial charge in [0.15, 0.2) is 0 Å². The van der Waals surface area contributed by atoms with Gasteiger partial charge in [-0.05, 0) is 43.0 Å². The maximum Gasteiger partial charge on any atom is 0.232 e. The first kappa shape index (κ1) is 22.0. The van der Waals surface area contributed by atoms with Gasteiger partial charge >= 0.3 is 0 Å². The summed E-state index contributed by atoms with van der Waals surface area (Å²) in [5.74, 6) is -0.296.